The van der Waals surface area contributed by atoms with Crippen LogP contribution in [0.5, 0.6) is 11.5 Å². The third-order valence-corrected chi connectivity index (χ3v) is 7.57. The van der Waals surface area contributed by atoms with Crippen molar-refractivity contribution in [3.63, 3.8) is 0 Å². The van der Waals surface area contributed by atoms with Gasteiger partial charge in [0.2, 0.25) is 0 Å². The fraction of sp³-hybridized carbons (Fsp3) is 0.289. The fourth-order valence-electron chi connectivity index (χ4n) is 5.37. The van der Waals surface area contributed by atoms with Crippen LogP contribution in [-0.4, -0.2) is 37.5 Å². The van der Waals surface area contributed by atoms with E-state index in [4.69, 9.17) is 18.9 Å². The summed E-state index contributed by atoms with van der Waals surface area (Å²) >= 11 is 0. The van der Waals surface area contributed by atoms with Crippen molar-refractivity contribution >= 4 is 16.9 Å². The van der Waals surface area contributed by atoms with Gasteiger partial charge in [0, 0.05) is 30.7 Å². The van der Waals surface area contributed by atoms with Gasteiger partial charge < -0.3 is 23.5 Å². The van der Waals surface area contributed by atoms with Crippen molar-refractivity contribution < 1.29 is 23.7 Å². The average Bonchev–Trinajstić information content (AvgIpc) is 3.34. The number of ether oxygens (including phenoxy) is 4. The number of methoxy groups -OCH3 is 1. The molecule has 0 aliphatic heterocycles. The van der Waals surface area contributed by atoms with Gasteiger partial charge >= 0.3 is 5.97 Å². The number of hydrogen-bond acceptors (Lipinski definition) is 5. The van der Waals surface area contributed by atoms with Gasteiger partial charge in [-0.3, -0.25) is 0 Å². The molecule has 0 saturated carbocycles. The lowest BCUT2D eigenvalue weighted by Gasteiger charge is -2.20. The van der Waals surface area contributed by atoms with E-state index >= 15 is 0 Å². The van der Waals surface area contributed by atoms with E-state index in [1.807, 2.05) is 72.2 Å². The molecule has 0 aliphatic rings. The first-order valence-electron chi connectivity index (χ1n) is 15.1. The summed E-state index contributed by atoms with van der Waals surface area (Å²) in [4.78, 5) is 13.7. The molecule has 0 spiro atoms. The topological polar surface area (TPSA) is 58.9 Å². The van der Waals surface area contributed by atoms with Crippen LogP contribution in [0, 0.1) is 0 Å². The Balaban J connectivity index is 1.60. The van der Waals surface area contributed by atoms with Crippen molar-refractivity contribution in [2.75, 3.05) is 26.9 Å². The molecule has 0 radical (unpaired) electrons. The molecule has 5 rings (SSSR count). The normalized spacial score (nSPS) is 11.5. The average molecular weight is 592 g/mol. The van der Waals surface area contributed by atoms with Crippen LogP contribution in [0.1, 0.15) is 60.4 Å². The lowest BCUT2D eigenvalue weighted by Crippen LogP contribution is -2.14. The number of fused-ring (bicyclic) bond motifs is 1. The number of carbonyl (C=O) groups excluding carboxylic acids is 1. The lowest BCUT2D eigenvalue weighted by molar-refractivity contribution is 0.0516. The number of carbonyl (C=O) groups is 1. The van der Waals surface area contributed by atoms with Crippen LogP contribution in [-0.2, 0) is 27.9 Å². The first-order chi connectivity index (χ1) is 21.3. The molecule has 0 bridgehead atoms. The molecule has 4 aromatic carbocycles. The van der Waals surface area contributed by atoms with Gasteiger partial charge in [0.05, 0.1) is 18.7 Å². The number of nitrogens with zero attached hydrogens (tertiary/aromatic N) is 1. The first-order valence-corrected chi connectivity index (χ1v) is 15.1. The van der Waals surface area contributed by atoms with E-state index in [9.17, 15) is 4.79 Å². The maximum atomic E-state index is 13.7. The highest BCUT2D eigenvalue weighted by molar-refractivity contribution is 6.00. The third-order valence-electron chi connectivity index (χ3n) is 7.57. The molecule has 0 amide bonds. The van der Waals surface area contributed by atoms with Gasteiger partial charge in [-0.2, -0.15) is 0 Å². The second-order valence-corrected chi connectivity index (χ2v) is 11.8. The molecule has 6 nitrogen and oxygen atoms in total. The number of para-hydroxylation sites is 1. The Kier molecular flexibility index (Phi) is 9.71. The maximum Gasteiger partial charge on any atom is 0.355 e. The van der Waals surface area contributed by atoms with Gasteiger partial charge in [-0.05, 0) is 64.9 Å². The smallest absolute Gasteiger partial charge is 0.355 e. The summed E-state index contributed by atoms with van der Waals surface area (Å²) in [5.41, 5.74) is 6.54. The molecule has 0 atom stereocenters. The zero-order valence-corrected chi connectivity index (χ0v) is 26.3. The van der Waals surface area contributed by atoms with E-state index < -0.39 is 0 Å². The van der Waals surface area contributed by atoms with E-state index in [0.29, 0.717) is 43.4 Å². The fourth-order valence-corrected chi connectivity index (χ4v) is 5.37. The second kappa shape index (κ2) is 13.8. The van der Waals surface area contributed by atoms with Gasteiger partial charge in [-0.25, -0.2) is 4.79 Å². The summed E-state index contributed by atoms with van der Waals surface area (Å²) < 4.78 is 25.1. The van der Waals surface area contributed by atoms with E-state index in [1.54, 1.807) is 7.11 Å². The Morgan fingerprint density at radius 1 is 0.773 bits per heavy atom. The molecule has 0 fully saturated rings. The van der Waals surface area contributed by atoms with Crippen molar-refractivity contribution in [2.24, 2.45) is 0 Å². The molecule has 1 heterocycles. The predicted octanol–water partition coefficient (Wildman–Crippen LogP) is 8.30. The molecule has 0 N–H and O–H groups in total. The van der Waals surface area contributed by atoms with Crippen LogP contribution in [0.25, 0.3) is 16.6 Å². The third kappa shape index (κ3) is 7.14. The minimum Gasteiger partial charge on any atom is -0.491 e. The van der Waals surface area contributed by atoms with Crippen LogP contribution in [0.4, 0.5) is 0 Å². The van der Waals surface area contributed by atoms with Crippen molar-refractivity contribution in [1.82, 2.24) is 4.57 Å². The van der Waals surface area contributed by atoms with Crippen molar-refractivity contribution in [3.8, 4) is 17.2 Å². The van der Waals surface area contributed by atoms with E-state index in [1.165, 1.54) is 5.56 Å². The predicted molar refractivity (Wildman–Crippen MR) is 175 cm³/mol. The molecule has 1 aromatic heterocycles. The summed E-state index contributed by atoms with van der Waals surface area (Å²) in [6, 6.07) is 32.5. The summed E-state index contributed by atoms with van der Waals surface area (Å²) in [5.74, 6) is 1.02. The molecule has 0 unspecified atom stereocenters. The molecule has 5 aromatic rings. The van der Waals surface area contributed by atoms with E-state index in [-0.39, 0.29) is 18.0 Å². The summed E-state index contributed by atoms with van der Waals surface area (Å²) in [5, 5.41) is 0.993. The highest BCUT2D eigenvalue weighted by Gasteiger charge is 2.25. The van der Waals surface area contributed by atoms with Crippen molar-refractivity contribution in [1.29, 1.82) is 0 Å². The molecule has 44 heavy (non-hydrogen) atoms. The summed E-state index contributed by atoms with van der Waals surface area (Å²) in [6.07, 6.45) is 0.477. The van der Waals surface area contributed by atoms with Crippen LogP contribution in [0.2, 0.25) is 0 Å². The Morgan fingerprint density at radius 3 is 2.14 bits per heavy atom. The number of aromatic nitrogens is 1. The van der Waals surface area contributed by atoms with Crippen molar-refractivity contribution in [3.05, 3.63) is 125 Å². The van der Waals surface area contributed by atoms with Gasteiger partial charge in [-0.1, -0.05) is 81.4 Å². The van der Waals surface area contributed by atoms with Crippen LogP contribution < -0.4 is 9.47 Å². The van der Waals surface area contributed by atoms with E-state index in [0.717, 1.165) is 33.3 Å². The summed E-state index contributed by atoms with van der Waals surface area (Å²) in [6.45, 7) is 10.0. The lowest BCUT2D eigenvalue weighted by atomic mass is 9.87. The number of rotatable bonds is 12. The largest absolute Gasteiger partial charge is 0.491 e. The number of hydrogen-bond donors (Lipinski definition) is 0. The molecule has 228 valence electrons. The Bertz CT molecular complexity index is 1700. The zero-order valence-electron chi connectivity index (χ0n) is 26.3. The highest BCUT2D eigenvalue weighted by Crippen LogP contribution is 2.35. The zero-order chi connectivity index (χ0) is 31.1. The van der Waals surface area contributed by atoms with Crippen LogP contribution in [0.3, 0.4) is 0 Å². The van der Waals surface area contributed by atoms with Gasteiger partial charge in [0.15, 0.2) is 0 Å². The quantitative estimate of drug-likeness (QED) is 0.108. The van der Waals surface area contributed by atoms with Crippen LogP contribution in [0.15, 0.2) is 97.1 Å². The highest BCUT2D eigenvalue weighted by atomic mass is 16.5. The standard InChI is InChI=1S/C38H41NO5/c1-6-42-37(40)36-34(33-14-10-11-15-35(33)39(36)30-18-16-29(17-19-30)38(2,3)4)24-28-22-31(43-21-20-41-5)25-32(23-28)44-26-27-12-8-7-9-13-27/h7-19,22-23,25H,6,20-21,24,26H2,1-5H3. The number of esters is 1. The number of benzene rings is 4. The minimum atomic E-state index is -0.355. The Morgan fingerprint density at radius 2 is 1.45 bits per heavy atom. The van der Waals surface area contributed by atoms with Crippen LogP contribution >= 0.6 is 0 Å². The SMILES string of the molecule is CCOC(=O)c1c(Cc2cc(OCCOC)cc(OCc3ccccc3)c2)c2ccccc2n1-c1ccc(C(C)(C)C)cc1. The summed E-state index contributed by atoms with van der Waals surface area (Å²) in [7, 11) is 1.65. The van der Waals surface area contributed by atoms with E-state index in [2.05, 4.69) is 57.2 Å². The van der Waals surface area contributed by atoms with Crippen molar-refractivity contribution in [2.45, 2.75) is 46.1 Å². The van der Waals surface area contributed by atoms with Gasteiger partial charge in [0.1, 0.15) is 30.4 Å². The first kappa shape index (κ1) is 30.9. The molecule has 0 aliphatic carbocycles. The molecule has 6 heteroatoms. The van der Waals surface area contributed by atoms with Gasteiger partial charge in [-0.15, -0.1) is 0 Å². The molecular formula is C38H41NO5. The second-order valence-electron chi connectivity index (χ2n) is 11.8. The van der Waals surface area contributed by atoms with Gasteiger partial charge in [0.25, 0.3) is 0 Å². The monoisotopic (exact) mass is 591 g/mol. The Hall–Kier alpha value is -4.55. The molecular weight excluding hydrogens is 550 g/mol. The maximum absolute atomic E-state index is 13.7. The minimum absolute atomic E-state index is 0.0169. The molecule has 0 saturated heterocycles. The Labute approximate surface area is 260 Å².